The zero-order valence-corrected chi connectivity index (χ0v) is 6.79. The fraction of sp³-hybridized carbons (Fsp3) is 0.750. The Labute approximate surface area is 65.7 Å². The van der Waals surface area contributed by atoms with Crippen molar-refractivity contribution in [3.63, 3.8) is 0 Å². The van der Waals surface area contributed by atoms with Crippen molar-refractivity contribution in [3.05, 3.63) is 0 Å². The van der Waals surface area contributed by atoms with E-state index in [4.69, 9.17) is 4.74 Å². The van der Waals surface area contributed by atoms with Gasteiger partial charge in [-0.3, -0.25) is 9.59 Å². The van der Waals surface area contributed by atoms with Gasteiger partial charge in [-0.1, -0.05) is 13.8 Å². The second-order valence-corrected chi connectivity index (χ2v) is 3.09. The maximum absolute atomic E-state index is 10.9. The summed E-state index contributed by atoms with van der Waals surface area (Å²) in [7, 11) is 0. The van der Waals surface area contributed by atoms with Gasteiger partial charge in [0.25, 0.3) is 0 Å². The number of rotatable bonds is 2. The predicted molar refractivity (Wildman–Crippen MR) is 39.0 cm³/mol. The predicted octanol–water partition coefficient (Wildman–Crippen LogP) is 0.917. The lowest BCUT2D eigenvalue weighted by Crippen LogP contribution is -2.37. The lowest BCUT2D eigenvalue weighted by Gasteiger charge is -2.24. The monoisotopic (exact) mass is 156 g/mol. The van der Waals surface area contributed by atoms with Crippen molar-refractivity contribution in [1.29, 1.82) is 0 Å². The Kier molecular flexibility index (Phi) is 2.27. The molecule has 0 N–H and O–H groups in total. The quantitative estimate of drug-likeness (QED) is 0.558. The van der Waals surface area contributed by atoms with Gasteiger partial charge in [0.1, 0.15) is 0 Å². The minimum Gasteiger partial charge on any atom is -0.454 e. The minimum absolute atomic E-state index is 0.0546. The van der Waals surface area contributed by atoms with Gasteiger partial charge in [0, 0.05) is 6.42 Å². The molecule has 0 amide bonds. The first-order valence-electron chi connectivity index (χ1n) is 3.84. The van der Waals surface area contributed by atoms with Crippen molar-refractivity contribution >= 4 is 11.8 Å². The molecule has 0 heterocycles. The Balaban J connectivity index is 2.31. The van der Waals surface area contributed by atoms with E-state index in [1.54, 1.807) is 13.8 Å². The molecule has 1 atom stereocenters. The molecule has 0 aromatic carbocycles. The number of hydrogen-bond donors (Lipinski definition) is 0. The van der Waals surface area contributed by atoms with E-state index in [9.17, 15) is 9.59 Å². The number of ether oxygens (including phenoxy) is 1. The zero-order valence-electron chi connectivity index (χ0n) is 6.79. The van der Waals surface area contributed by atoms with Crippen LogP contribution in [0.25, 0.3) is 0 Å². The van der Waals surface area contributed by atoms with Crippen LogP contribution in [0.2, 0.25) is 0 Å². The highest BCUT2D eigenvalue weighted by Gasteiger charge is 2.31. The van der Waals surface area contributed by atoms with Gasteiger partial charge in [0.05, 0.1) is 5.92 Å². The Morgan fingerprint density at radius 2 is 2.27 bits per heavy atom. The summed E-state index contributed by atoms with van der Waals surface area (Å²) in [5.41, 5.74) is 0. The first-order chi connectivity index (χ1) is 5.11. The Hall–Kier alpha value is -0.860. The summed E-state index contributed by atoms with van der Waals surface area (Å²) in [4.78, 5) is 21.6. The van der Waals surface area contributed by atoms with Gasteiger partial charge in [-0.2, -0.15) is 0 Å². The van der Waals surface area contributed by atoms with Crippen LogP contribution in [0.5, 0.6) is 0 Å². The van der Waals surface area contributed by atoms with Gasteiger partial charge in [-0.15, -0.1) is 0 Å². The fourth-order valence-corrected chi connectivity index (χ4v) is 0.781. The Bertz CT molecular complexity index is 184. The highest BCUT2D eigenvalue weighted by Crippen LogP contribution is 2.19. The molecule has 0 aromatic rings. The van der Waals surface area contributed by atoms with Gasteiger partial charge < -0.3 is 4.74 Å². The first kappa shape index (κ1) is 8.24. The van der Waals surface area contributed by atoms with Crippen LogP contribution in [0.15, 0.2) is 0 Å². The average Bonchev–Trinajstić information content (AvgIpc) is 1.96. The zero-order chi connectivity index (χ0) is 8.43. The van der Waals surface area contributed by atoms with E-state index in [-0.39, 0.29) is 17.7 Å². The highest BCUT2D eigenvalue weighted by atomic mass is 16.5. The third kappa shape index (κ3) is 1.79. The topological polar surface area (TPSA) is 43.4 Å². The van der Waals surface area contributed by atoms with Gasteiger partial charge >= 0.3 is 5.97 Å². The van der Waals surface area contributed by atoms with E-state index >= 15 is 0 Å². The van der Waals surface area contributed by atoms with Gasteiger partial charge in [0.2, 0.25) is 0 Å². The first-order valence-corrected chi connectivity index (χ1v) is 3.84. The van der Waals surface area contributed by atoms with Crippen LogP contribution in [-0.4, -0.2) is 17.9 Å². The molecule has 0 radical (unpaired) electrons. The molecule has 0 aromatic heterocycles. The summed E-state index contributed by atoms with van der Waals surface area (Å²) in [5.74, 6) is -0.356. The molecule has 0 spiro atoms. The smallest absolute Gasteiger partial charge is 0.309 e. The lowest BCUT2D eigenvalue weighted by molar-refractivity contribution is -0.163. The van der Waals surface area contributed by atoms with E-state index in [1.165, 1.54) is 0 Å². The summed E-state index contributed by atoms with van der Waals surface area (Å²) in [5, 5.41) is 0. The second-order valence-electron chi connectivity index (χ2n) is 3.09. The van der Waals surface area contributed by atoms with Gasteiger partial charge in [-0.05, 0) is 6.42 Å². The van der Waals surface area contributed by atoms with Crippen LogP contribution < -0.4 is 0 Å². The molecule has 62 valence electrons. The van der Waals surface area contributed by atoms with Crippen molar-refractivity contribution in [2.45, 2.75) is 32.8 Å². The van der Waals surface area contributed by atoms with E-state index in [0.29, 0.717) is 12.8 Å². The van der Waals surface area contributed by atoms with Crippen LogP contribution in [0.3, 0.4) is 0 Å². The molecule has 0 aliphatic heterocycles. The summed E-state index contributed by atoms with van der Waals surface area (Å²) in [6.45, 7) is 3.51. The number of Topliss-reactive ketones (excluding diaryl/α,β-unsaturated/α-hetero) is 1. The summed E-state index contributed by atoms with van der Waals surface area (Å²) in [6.07, 6.45) is 0.845. The standard InChI is InChI=1S/C8H12O3/c1-5(2)8(10)11-7-4-3-6(7)9/h5,7H,3-4H2,1-2H3. The minimum atomic E-state index is -0.426. The summed E-state index contributed by atoms with van der Waals surface area (Å²) in [6, 6.07) is 0. The molecule has 0 saturated heterocycles. The second kappa shape index (κ2) is 3.03. The molecule has 1 saturated carbocycles. The molecule has 1 fully saturated rings. The van der Waals surface area contributed by atoms with Crippen molar-refractivity contribution in [3.8, 4) is 0 Å². The maximum atomic E-state index is 10.9. The van der Waals surface area contributed by atoms with Gasteiger partial charge in [0.15, 0.2) is 11.9 Å². The Morgan fingerprint density at radius 1 is 1.64 bits per heavy atom. The molecule has 1 aliphatic carbocycles. The number of carbonyl (C=O) groups is 2. The maximum Gasteiger partial charge on any atom is 0.309 e. The molecular formula is C8H12O3. The average molecular weight is 156 g/mol. The third-order valence-corrected chi connectivity index (χ3v) is 1.74. The number of esters is 1. The van der Waals surface area contributed by atoms with E-state index in [2.05, 4.69) is 0 Å². The molecule has 1 aliphatic rings. The van der Waals surface area contributed by atoms with Crippen LogP contribution in [0, 0.1) is 5.92 Å². The number of ketones is 1. The number of carbonyl (C=O) groups excluding carboxylic acids is 2. The highest BCUT2D eigenvalue weighted by molar-refractivity contribution is 5.90. The molecule has 0 bridgehead atoms. The summed E-state index contributed by atoms with van der Waals surface area (Å²) < 4.78 is 4.87. The van der Waals surface area contributed by atoms with Crippen LogP contribution in [0.1, 0.15) is 26.7 Å². The fourth-order valence-electron chi connectivity index (χ4n) is 0.781. The Morgan fingerprint density at radius 3 is 2.55 bits per heavy atom. The van der Waals surface area contributed by atoms with Crippen LogP contribution in [0.4, 0.5) is 0 Å². The molecule has 1 rings (SSSR count). The van der Waals surface area contributed by atoms with Crippen molar-refractivity contribution < 1.29 is 14.3 Å². The third-order valence-electron chi connectivity index (χ3n) is 1.74. The summed E-state index contributed by atoms with van der Waals surface area (Å²) >= 11 is 0. The molecule has 3 heteroatoms. The van der Waals surface area contributed by atoms with Gasteiger partial charge in [-0.25, -0.2) is 0 Å². The molecule has 3 nitrogen and oxygen atoms in total. The number of hydrogen-bond acceptors (Lipinski definition) is 3. The molecule has 11 heavy (non-hydrogen) atoms. The molecular weight excluding hydrogens is 144 g/mol. The molecule has 1 unspecified atom stereocenters. The van der Waals surface area contributed by atoms with E-state index in [0.717, 1.165) is 0 Å². The van der Waals surface area contributed by atoms with Crippen molar-refractivity contribution in [1.82, 2.24) is 0 Å². The van der Waals surface area contributed by atoms with E-state index in [1.807, 2.05) is 0 Å². The lowest BCUT2D eigenvalue weighted by atomic mass is 9.94. The largest absolute Gasteiger partial charge is 0.454 e. The SMILES string of the molecule is CC(C)C(=O)OC1CCC1=O. The normalized spacial score (nSPS) is 23.2. The van der Waals surface area contributed by atoms with Crippen molar-refractivity contribution in [2.75, 3.05) is 0 Å². The van der Waals surface area contributed by atoms with Crippen LogP contribution >= 0.6 is 0 Å². The van der Waals surface area contributed by atoms with Crippen molar-refractivity contribution in [2.24, 2.45) is 5.92 Å². The van der Waals surface area contributed by atoms with E-state index < -0.39 is 6.10 Å². The van der Waals surface area contributed by atoms with Crippen LogP contribution in [-0.2, 0) is 14.3 Å².